The van der Waals surface area contributed by atoms with Crippen LogP contribution in [0.3, 0.4) is 0 Å². The van der Waals surface area contributed by atoms with E-state index in [1.165, 1.54) is 6.20 Å². The van der Waals surface area contributed by atoms with Crippen molar-refractivity contribution in [1.82, 2.24) is 14.9 Å². The van der Waals surface area contributed by atoms with Gasteiger partial charge < -0.3 is 15.0 Å². The van der Waals surface area contributed by atoms with Crippen molar-refractivity contribution in [3.8, 4) is 0 Å². The smallest absolute Gasteiger partial charge is 0.224 e. The lowest BCUT2D eigenvalue weighted by molar-refractivity contribution is -0.134. The second-order valence-corrected chi connectivity index (χ2v) is 4.28. The Morgan fingerprint density at radius 3 is 2.94 bits per heavy atom. The van der Waals surface area contributed by atoms with Gasteiger partial charge in [-0.3, -0.25) is 9.78 Å². The van der Waals surface area contributed by atoms with Gasteiger partial charge in [-0.05, 0) is 0 Å². The molecule has 0 atom stereocenters. The van der Waals surface area contributed by atoms with Gasteiger partial charge in [-0.2, -0.15) is 0 Å². The summed E-state index contributed by atoms with van der Waals surface area (Å²) in [5.74, 6) is 0.707. The van der Waals surface area contributed by atoms with Crippen molar-refractivity contribution >= 4 is 23.3 Å². The number of morpholine rings is 1. The van der Waals surface area contributed by atoms with E-state index in [-0.39, 0.29) is 5.91 Å². The van der Waals surface area contributed by atoms with Crippen LogP contribution >= 0.6 is 11.6 Å². The molecule has 1 fully saturated rings. The molecule has 2 heterocycles. The quantitative estimate of drug-likeness (QED) is 0.876. The van der Waals surface area contributed by atoms with E-state index < -0.39 is 0 Å². The lowest BCUT2D eigenvalue weighted by atomic mass is 10.3. The van der Waals surface area contributed by atoms with Gasteiger partial charge in [0.1, 0.15) is 11.0 Å². The van der Waals surface area contributed by atoms with Gasteiger partial charge in [0.25, 0.3) is 0 Å². The van der Waals surface area contributed by atoms with Gasteiger partial charge in [0.05, 0.1) is 25.6 Å². The Kier molecular flexibility index (Phi) is 4.72. The van der Waals surface area contributed by atoms with Crippen molar-refractivity contribution in [1.29, 1.82) is 0 Å². The molecule has 1 amide bonds. The summed E-state index contributed by atoms with van der Waals surface area (Å²) in [5.41, 5.74) is 0. The molecule has 0 bridgehead atoms. The van der Waals surface area contributed by atoms with E-state index in [2.05, 4.69) is 15.3 Å². The molecule has 98 valence electrons. The normalized spacial score (nSPS) is 15.5. The number of carbonyl (C=O) groups is 1. The summed E-state index contributed by atoms with van der Waals surface area (Å²) >= 11 is 5.71. The first-order valence-electron chi connectivity index (χ1n) is 5.82. The van der Waals surface area contributed by atoms with E-state index in [9.17, 15) is 4.79 Å². The molecular weight excluding hydrogens is 256 g/mol. The van der Waals surface area contributed by atoms with Crippen LogP contribution in [0.2, 0.25) is 5.15 Å². The summed E-state index contributed by atoms with van der Waals surface area (Å²) in [5, 5.41) is 3.35. The molecule has 1 aromatic heterocycles. The number of nitrogens with zero attached hydrogens (tertiary/aromatic N) is 3. The SMILES string of the molecule is O=C(CCNc1cncc(Cl)n1)N1CCOCC1. The Balaban J connectivity index is 1.73. The van der Waals surface area contributed by atoms with Crippen LogP contribution in [0.15, 0.2) is 12.4 Å². The van der Waals surface area contributed by atoms with Gasteiger partial charge in [0, 0.05) is 26.1 Å². The molecular formula is C11H15ClN4O2. The van der Waals surface area contributed by atoms with Gasteiger partial charge in [0.2, 0.25) is 5.91 Å². The van der Waals surface area contributed by atoms with Crippen LogP contribution in [0, 0.1) is 0 Å². The monoisotopic (exact) mass is 270 g/mol. The van der Waals surface area contributed by atoms with Crippen LogP contribution in [-0.2, 0) is 9.53 Å². The minimum atomic E-state index is 0.126. The van der Waals surface area contributed by atoms with Gasteiger partial charge in [-0.1, -0.05) is 11.6 Å². The molecule has 6 nitrogen and oxygen atoms in total. The fraction of sp³-hybridized carbons (Fsp3) is 0.545. The first-order valence-corrected chi connectivity index (χ1v) is 6.20. The molecule has 0 aromatic carbocycles. The molecule has 1 aliphatic rings. The molecule has 0 saturated carbocycles. The number of rotatable bonds is 4. The second kappa shape index (κ2) is 6.51. The summed E-state index contributed by atoms with van der Waals surface area (Å²) in [7, 11) is 0. The number of anilines is 1. The summed E-state index contributed by atoms with van der Waals surface area (Å²) in [6, 6.07) is 0. The Hall–Kier alpha value is -1.40. The molecule has 1 aliphatic heterocycles. The van der Waals surface area contributed by atoms with Gasteiger partial charge in [-0.15, -0.1) is 0 Å². The summed E-state index contributed by atoms with van der Waals surface area (Å²) in [6.45, 7) is 3.12. The van der Waals surface area contributed by atoms with Crippen molar-refractivity contribution in [2.45, 2.75) is 6.42 Å². The Bertz CT molecular complexity index is 410. The standard InChI is InChI=1S/C11H15ClN4O2/c12-9-7-13-8-10(15-9)14-2-1-11(17)16-3-5-18-6-4-16/h7-8H,1-6H2,(H,14,15). The maximum absolute atomic E-state index is 11.8. The fourth-order valence-electron chi connectivity index (χ4n) is 1.70. The summed E-state index contributed by atoms with van der Waals surface area (Å²) < 4.78 is 5.19. The fourth-order valence-corrected chi connectivity index (χ4v) is 1.84. The zero-order valence-electron chi connectivity index (χ0n) is 9.93. The third-order valence-corrected chi connectivity index (χ3v) is 2.80. The number of carbonyl (C=O) groups excluding carboxylic acids is 1. The minimum absolute atomic E-state index is 0.126. The van der Waals surface area contributed by atoms with Crippen molar-refractivity contribution in [2.75, 3.05) is 38.2 Å². The maximum atomic E-state index is 11.8. The maximum Gasteiger partial charge on any atom is 0.224 e. The molecule has 0 unspecified atom stereocenters. The van der Waals surface area contributed by atoms with Crippen molar-refractivity contribution in [2.24, 2.45) is 0 Å². The minimum Gasteiger partial charge on any atom is -0.378 e. The van der Waals surface area contributed by atoms with E-state index in [4.69, 9.17) is 16.3 Å². The van der Waals surface area contributed by atoms with Gasteiger partial charge >= 0.3 is 0 Å². The first-order chi connectivity index (χ1) is 8.75. The number of aromatic nitrogens is 2. The first kappa shape index (κ1) is 13.0. The zero-order valence-corrected chi connectivity index (χ0v) is 10.7. The molecule has 0 spiro atoms. The molecule has 2 rings (SSSR count). The Morgan fingerprint density at radius 2 is 2.22 bits per heavy atom. The van der Waals surface area contributed by atoms with Crippen molar-refractivity contribution < 1.29 is 9.53 Å². The topological polar surface area (TPSA) is 67.4 Å². The van der Waals surface area contributed by atoms with E-state index in [0.717, 1.165) is 0 Å². The van der Waals surface area contributed by atoms with Crippen molar-refractivity contribution in [3.63, 3.8) is 0 Å². The lowest BCUT2D eigenvalue weighted by Gasteiger charge is -2.26. The lowest BCUT2D eigenvalue weighted by Crippen LogP contribution is -2.41. The molecule has 0 radical (unpaired) electrons. The highest BCUT2D eigenvalue weighted by Gasteiger charge is 2.15. The Morgan fingerprint density at radius 1 is 1.44 bits per heavy atom. The van der Waals surface area contributed by atoms with E-state index in [1.54, 1.807) is 6.20 Å². The van der Waals surface area contributed by atoms with Crippen LogP contribution in [-0.4, -0.2) is 53.6 Å². The summed E-state index contributed by atoms with van der Waals surface area (Å²) in [4.78, 5) is 21.6. The largest absolute Gasteiger partial charge is 0.378 e. The summed E-state index contributed by atoms with van der Waals surface area (Å²) in [6.07, 6.45) is 3.46. The van der Waals surface area contributed by atoms with Crippen LogP contribution in [0.25, 0.3) is 0 Å². The molecule has 18 heavy (non-hydrogen) atoms. The van der Waals surface area contributed by atoms with E-state index in [0.29, 0.717) is 50.2 Å². The average Bonchev–Trinajstić information content (AvgIpc) is 2.40. The predicted molar refractivity (Wildman–Crippen MR) is 67.5 cm³/mol. The van der Waals surface area contributed by atoms with Crippen LogP contribution < -0.4 is 5.32 Å². The number of halogens is 1. The third-order valence-electron chi connectivity index (χ3n) is 2.61. The number of nitrogens with one attached hydrogen (secondary N) is 1. The third kappa shape index (κ3) is 3.82. The number of hydrogen-bond acceptors (Lipinski definition) is 5. The molecule has 1 N–H and O–H groups in total. The van der Waals surface area contributed by atoms with Gasteiger partial charge in [0.15, 0.2) is 0 Å². The number of hydrogen-bond donors (Lipinski definition) is 1. The molecule has 0 aliphatic carbocycles. The average molecular weight is 271 g/mol. The second-order valence-electron chi connectivity index (χ2n) is 3.90. The highest BCUT2D eigenvalue weighted by Crippen LogP contribution is 2.07. The molecule has 1 aromatic rings. The molecule has 1 saturated heterocycles. The predicted octanol–water partition coefficient (Wildman–Crippen LogP) is 0.791. The zero-order chi connectivity index (χ0) is 12.8. The number of ether oxygens (including phenoxy) is 1. The highest BCUT2D eigenvalue weighted by atomic mass is 35.5. The van der Waals surface area contributed by atoms with E-state index >= 15 is 0 Å². The van der Waals surface area contributed by atoms with E-state index in [1.807, 2.05) is 4.90 Å². The Labute approximate surface area is 110 Å². The van der Waals surface area contributed by atoms with Crippen molar-refractivity contribution in [3.05, 3.63) is 17.5 Å². The van der Waals surface area contributed by atoms with Crippen LogP contribution in [0.4, 0.5) is 5.82 Å². The molecule has 7 heteroatoms. The van der Waals surface area contributed by atoms with Crippen LogP contribution in [0.5, 0.6) is 0 Å². The van der Waals surface area contributed by atoms with Gasteiger partial charge in [-0.25, -0.2) is 4.98 Å². The number of amides is 1. The highest BCUT2D eigenvalue weighted by molar-refractivity contribution is 6.29. The van der Waals surface area contributed by atoms with Crippen LogP contribution in [0.1, 0.15) is 6.42 Å².